The first-order valence-corrected chi connectivity index (χ1v) is 9.87. The first-order valence-electron chi connectivity index (χ1n) is 6.84. The highest BCUT2D eigenvalue weighted by molar-refractivity contribution is 7.94. The number of nitrogens with one attached hydrogen (secondary N) is 1. The zero-order valence-corrected chi connectivity index (χ0v) is 14.6. The maximum atomic E-state index is 12.3. The fraction of sp³-hybridized carbons (Fsp3) is 0. The zero-order valence-electron chi connectivity index (χ0n) is 12.9. The summed E-state index contributed by atoms with van der Waals surface area (Å²) in [6.45, 7) is 0. The van der Waals surface area contributed by atoms with E-state index in [2.05, 4.69) is 4.72 Å². The quantitative estimate of drug-likeness (QED) is 0.449. The Balaban J connectivity index is 2.24. The number of nitrogens with zero attached hydrogens (tertiary/aromatic N) is 2. The van der Waals surface area contributed by atoms with Gasteiger partial charge in [0.1, 0.15) is 0 Å². The number of allylic oxidation sites excluding steroid dienone is 1. The summed E-state index contributed by atoms with van der Waals surface area (Å²) in [5.74, 6) is 0. The van der Waals surface area contributed by atoms with E-state index in [1.807, 2.05) is 0 Å². The molecule has 0 aromatic heterocycles. The molecule has 2 aromatic carbocycles. The lowest BCUT2D eigenvalue weighted by Crippen LogP contribution is -2.13. The number of benzene rings is 2. The molecule has 0 saturated carbocycles. The molecule has 9 nitrogen and oxygen atoms in total. The topological polar surface area (TPSA) is 147 Å². The molecule has 0 saturated heterocycles. The van der Waals surface area contributed by atoms with Crippen molar-refractivity contribution in [3.63, 3.8) is 0 Å². The van der Waals surface area contributed by atoms with Gasteiger partial charge in [-0.2, -0.15) is 5.26 Å². The third kappa shape index (κ3) is 4.44. The Bertz CT molecular complexity index is 1100. The molecule has 0 aliphatic rings. The Hall–Kier alpha value is -3.23. The van der Waals surface area contributed by atoms with E-state index in [-0.39, 0.29) is 21.2 Å². The smallest absolute Gasteiger partial charge is 0.269 e. The number of sulfonamides is 1. The Morgan fingerprint density at radius 2 is 1.50 bits per heavy atom. The number of hydrogen-bond donors (Lipinski definition) is 1. The van der Waals surface area contributed by atoms with Gasteiger partial charge in [-0.25, -0.2) is 16.8 Å². The van der Waals surface area contributed by atoms with E-state index >= 15 is 0 Å². The van der Waals surface area contributed by atoms with E-state index in [1.54, 1.807) is 6.07 Å². The van der Waals surface area contributed by atoms with Crippen molar-refractivity contribution < 1.29 is 21.8 Å². The number of non-ortho nitro benzene ring substituents is 1. The minimum absolute atomic E-state index is 0.103. The van der Waals surface area contributed by atoms with Crippen molar-refractivity contribution in [2.24, 2.45) is 0 Å². The standard InChI is InChI=1S/C15H11N3O6S2/c16-10-1-11-25(21,22)14-6-2-12(3-7-14)17-26(23,24)15-8-4-13(5-9-15)18(19)20/h1-9,11,17H/b11-1+. The molecule has 2 aromatic rings. The molecule has 134 valence electrons. The number of nitriles is 1. The van der Waals surface area contributed by atoms with Crippen LogP contribution in [-0.2, 0) is 19.9 Å². The third-order valence-corrected chi connectivity index (χ3v) is 5.94. The maximum absolute atomic E-state index is 12.3. The van der Waals surface area contributed by atoms with Crippen LogP contribution < -0.4 is 4.72 Å². The molecule has 0 aliphatic carbocycles. The fourth-order valence-electron chi connectivity index (χ4n) is 1.87. The van der Waals surface area contributed by atoms with Crippen molar-refractivity contribution in [2.45, 2.75) is 9.79 Å². The summed E-state index contributed by atoms with van der Waals surface area (Å²) in [4.78, 5) is 9.66. The highest BCUT2D eigenvalue weighted by atomic mass is 32.2. The molecule has 0 heterocycles. The van der Waals surface area contributed by atoms with Gasteiger partial charge in [-0.3, -0.25) is 14.8 Å². The first-order chi connectivity index (χ1) is 12.2. The summed E-state index contributed by atoms with van der Waals surface area (Å²) in [6.07, 6.45) is 0.820. The molecule has 1 N–H and O–H groups in total. The van der Waals surface area contributed by atoms with Crippen LogP contribution in [0.3, 0.4) is 0 Å². The van der Waals surface area contributed by atoms with Gasteiger partial charge in [0.05, 0.1) is 20.8 Å². The van der Waals surface area contributed by atoms with Gasteiger partial charge in [-0.1, -0.05) is 0 Å². The highest BCUT2D eigenvalue weighted by Gasteiger charge is 2.17. The van der Waals surface area contributed by atoms with Gasteiger partial charge in [0.25, 0.3) is 15.7 Å². The molecule has 0 unspecified atom stereocenters. The van der Waals surface area contributed by atoms with E-state index in [1.165, 1.54) is 24.3 Å². The number of anilines is 1. The second kappa shape index (κ2) is 7.34. The number of sulfone groups is 1. The van der Waals surface area contributed by atoms with Crippen molar-refractivity contribution in [1.29, 1.82) is 5.26 Å². The fourth-order valence-corrected chi connectivity index (χ4v) is 3.84. The van der Waals surface area contributed by atoms with Crippen molar-refractivity contribution in [3.05, 3.63) is 70.1 Å². The van der Waals surface area contributed by atoms with Crippen molar-refractivity contribution >= 4 is 31.2 Å². The summed E-state index contributed by atoms with van der Waals surface area (Å²) >= 11 is 0. The van der Waals surface area contributed by atoms with Gasteiger partial charge in [0.2, 0.25) is 9.84 Å². The lowest BCUT2D eigenvalue weighted by Gasteiger charge is -2.08. The lowest BCUT2D eigenvalue weighted by atomic mass is 10.3. The Morgan fingerprint density at radius 1 is 0.962 bits per heavy atom. The third-order valence-electron chi connectivity index (χ3n) is 3.11. The zero-order chi connectivity index (χ0) is 19.4. The molecule has 0 spiro atoms. The van der Waals surface area contributed by atoms with Gasteiger partial charge in [0.15, 0.2) is 0 Å². The minimum atomic E-state index is -4.00. The lowest BCUT2D eigenvalue weighted by molar-refractivity contribution is -0.384. The monoisotopic (exact) mass is 393 g/mol. The maximum Gasteiger partial charge on any atom is 0.269 e. The SMILES string of the molecule is N#C/C=C/S(=O)(=O)c1ccc(NS(=O)(=O)c2ccc([N+](=O)[O-])cc2)cc1. The van der Waals surface area contributed by atoms with E-state index in [9.17, 15) is 26.9 Å². The second-order valence-electron chi connectivity index (χ2n) is 4.86. The summed E-state index contributed by atoms with van der Waals surface area (Å²) < 4.78 is 50.5. The normalized spacial score (nSPS) is 11.8. The number of nitro groups is 1. The van der Waals surface area contributed by atoms with Gasteiger partial charge in [-0.15, -0.1) is 0 Å². The minimum Gasteiger partial charge on any atom is -0.280 e. The molecule has 0 bridgehead atoms. The number of rotatable bonds is 6. The Kier molecular flexibility index (Phi) is 5.39. The van der Waals surface area contributed by atoms with Gasteiger partial charge >= 0.3 is 0 Å². The summed E-state index contributed by atoms with van der Waals surface area (Å²) in [6, 6.07) is 10.7. The average molecular weight is 393 g/mol. The van der Waals surface area contributed by atoms with Crippen LogP contribution in [0.1, 0.15) is 0 Å². The molecule has 0 amide bonds. The molecule has 0 aliphatic heterocycles. The molecule has 0 fully saturated rings. The summed E-state index contributed by atoms with van der Waals surface area (Å²) in [5.41, 5.74) is -0.143. The molecular weight excluding hydrogens is 382 g/mol. The van der Waals surface area contributed by atoms with Crippen LogP contribution in [-0.4, -0.2) is 21.8 Å². The molecule has 26 heavy (non-hydrogen) atoms. The van der Waals surface area contributed by atoms with E-state index in [0.29, 0.717) is 0 Å². The molecule has 2 rings (SSSR count). The second-order valence-corrected chi connectivity index (χ2v) is 8.37. The average Bonchev–Trinajstić information content (AvgIpc) is 2.60. The largest absolute Gasteiger partial charge is 0.280 e. The molecule has 0 radical (unpaired) electrons. The summed E-state index contributed by atoms with van der Waals surface area (Å²) in [5, 5.41) is 19.7. The van der Waals surface area contributed by atoms with Crippen LogP contribution in [0.2, 0.25) is 0 Å². The Morgan fingerprint density at radius 3 is 2.00 bits per heavy atom. The van der Waals surface area contributed by atoms with E-state index in [4.69, 9.17) is 5.26 Å². The molecular formula is C15H11N3O6S2. The van der Waals surface area contributed by atoms with Crippen LogP contribution >= 0.6 is 0 Å². The van der Waals surface area contributed by atoms with Crippen molar-refractivity contribution in [2.75, 3.05) is 4.72 Å². The van der Waals surface area contributed by atoms with Crippen molar-refractivity contribution in [3.8, 4) is 6.07 Å². The predicted molar refractivity (Wildman–Crippen MR) is 92.3 cm³/mol. The Labute approximate surface area is 149 Å². The van der Waals surface area contributed by atoms with E-state index < -0.39 is 24.8 Å². The van der Waals surface area contributed by atoms with Gasteiger partial charge < -0.3 is 0 Å². The predicted octanol–water partition coefficient (Wildman–Crippen LogP) is 2.21. The first kappa shape index (κ1) is 19.1. The molecule has 0 atom stereocenters. The van der Waals surface area contributed by atoms with Crippen molar-refractivity contribution in [1.82, 2.24) is 0 Å². The molecule has 11 heteroatoms. The number of nitro benzene ring substituents is 1. The van der Waals surface area contributed by atoms with Gasteiger partial charge in [0, 0.05) is 29.3 Å². The van der Waals surface area contributed by atoms with Crippen LogP contribution in [0.4, 0.5) is 11.4 Å². The number of hydrogen-bond acceptors (Lipinski definition) is 7. The van der Waals surface area contributed by atoms with Crippen LogP contribution in [0.15, 0.2) is 69.8 Å². The highest BCUT2D eigenvalue weighted by Crippen LogP contribution is 2.21. The van der Waals surface area contributed by atoms with E-state index in [0.717, 1.165) is 35.7 Å². The van der Waals surface area contributed by atoms with Gasteiger partial charge in [-0.05, 0) is 36.4 Å². The summed E-state index contributed by atoms with van der Waals surface area (Å²) in [7, 11) is -7.79. The van der Waals surface area contributed by atoms with Crippen LogP contribution in [0.25, 0.3) is 0 Å². The van der Waals surface area contributed by atoms with Crippen LogP contribution in [0, 0.1) is 21.4 Å². The van der Waals surface area contributed by atoms with Crippen LogP contribution in [0.5, 0.6) is 0 Å².